The highest BCUT2D eigenvalue weighted by atomic mass is 32.1. The van der Waals surface area contributed by atoms with Crippen LogP contribution in [0.5, 0.6) is 5.75 Å². The Balaban J connectivity index is 1.30. The quantitative estimate of drug-likeness (QED) is 0.480. The second kappa shape index (κ2) is 8.40. The molecule has 0 aliphatic heterocycles. The molecule has 2 aromatic carbocycles. The molecule has 0 aliphatic rings. The molecule has 1 atom stereocenters. The van der Waals surface area contributed by atoms with Crippen LogP contribution >= 0.6 is 11.3 Å². The molecule has 4 aromatic rings. The lowest BCUT2D eigenvalue weighted by molar-refractivity contribution is -0.121. The Kier molecular flexibility index (Phi) is 5.53. The number of ether oxygens (including phenoxy) is 1. The number of imidazole rings is 1. The molecule has 0 aliphatic carbocycles. The molecule has 6 nitrogen and oxygen atoms in total. The second-order valence-corrected chi connectivity index (χ2v) is 7.52. The summed E-state index contributed by atoms with van der Waals surface area (Å²) >= 11 is 1.42. The summed E-state index contributed by atoms with van der Waals surface area (Å²) < 4.78 is 18.5. The first-order valence-electron chi connectivity index (χ1n) is 9.12. The Morgan fingerprint density at radius 2 is 2.00 bits per heavy atom. The largest absolute Gasteiger partial charge is 0.486 e. The normalized spacial score (nSPS) is 12.1. The number of hydrogen-bond donors (Lipinski definition) is 2. The second-order valence-electron chi connectivity index (χ2n) is 6.58. The highest BCUT2D eigenvalue weighted by Crippen LogP contribution is 2.18. The molecule has 0 fully saturated rings. The van der Waals surface area contributed by atoms with E-state index in [4.69, 9.17) is 4.74 Å². The minimum Gasteiger partial charge on any atom is -0.486 e. The van der Waals surface area contributed by atoms with Gasteiger partial charge in [-0.1, -0.05) is 12.1 Å². The van der Waals surface area contributed by atoms with E-state index in [0.29, 0.717) is 17.3 Å². The van der Waals surface area contributed by atoms with E-state index in [1.807, 2.05) is 36.6 Å². The van der Waals surface area contributed by atoms with Crippen LogP contribution in [0.15, 0.2) is 53.9 Å². The summed E-state index contributed by atoms with van der Waals surface area (Å²) in [6, 6.07) is 13.3. The van der Waals surface area contributed by atoms with E-state index >= 15 is 0 Å². The van der Waals surface area contributed by atoms with E-state index in [2.05, 4.69) is 20.3 Å². The van der Waals surface area contributed by atoms with E-state index in [1.54, 1.807) is 12.1 Å². The average Bonchev–Trinajstić information content (AvgIpc) is 3.34. The molecule has 0 radical (unpaired) electrons. The number of rotatable bonds is 7. The molecular formula is C21H19FN4O2S. The molecule has 0 spiro atoms. The lowest BCUT2D eigenvalue weighted by Gasteiger charge is -2.10. The van der Waals surface area contributed by atoms with Crippen molar-refractivity contribution in [3.8, 4) is 5.75 Å². The summed E-state index contributed by atoms with van der Waals surface area (Å²) in [4.78, 5) is 24.5. The SMILES string of the molecule is CC(NC(=O)Cc1csc(COc2ccc(F)cc2)n1)c1nc2ccccc2[nH]1. The van der Waals surface area contributed by atoms with Gasteiger partial charge in [0.2, 0.25) is 5.91 Å². The van der Waals surface area contributed by atoms with Crippen LogP contribution in [-0.4, -0.2) is 20.9 Å². The first-order chi connectivity index (χ1) is 14.1. The number of benzene rings is 2. The van der Waals surface area contributed by atoms with Crippen LogP contribution in [0.1, 0.15) is 29.5 Å². The van der Waals surface area contributed by atoms with E-state index in [1.165, 1.54) is 23.5 Å². The van der Waals surface area contributed by atoms with Gasteiger partial charge in [-0.15, -0.1) is 11.3 Å². The summed E-state index contributed by atoms with van der Waals surface area (Å²) in [5, 5.41) is 5.54. The van der Waals surface area contributed by atoms with Gasteiger partial charge in [-0.05, 0) is 43.3 Å². The van der Waals surface area contributed by atoms with Crippen LogP contribution in [0.3, 0.4) is 0 Å². The smallest absolute Gasteiger partial charge is 0.226 e. The molecule has 1 unspecified atom stereocenters. The van der Waals surface area contributed by atoms with Gasteiger partial charge >= 0.3 is 0 Å². The van der Waals surface area contributed by atoms with Crippen LogP contribution in [0.4, 0.5) is 4.39 Å². The van der Waals surface area contributed by atoms with Gasteiger partial charge in [-0.25, -0.2) is 14.4 Å². The zero-order valence-corrected chi connectivity index (χ0v) is 16.5. The zero-order valence-electron chi connectivity index (χ0n) is 15.7. The Hall–Kier alpha value is -3.26. The van der Waals surface area contributed by atoms with E-state index in [-0.39, 0.29) is 30.8 Å². The van der Waals surface area contributed by atoms with Gasteiger partial charge in [-0.3, -0.25) is 4.79 Å². The maximum absolute atomic E-state index is 12.9. The van der Waals surface area contributed by atoms with Crippen molar-refractivity contribution in [3.63, 3.8) is 0 Å². The molecule has 2 aromatic heterocycles. The Morgan fingerprint density at radius 3 is 2.79 bits per heavy atom. The number of H-pyrrole nitrogens is 1. The van der Waals surface area contributed by atoms with Crippen LogP contribution in [0.25, 0.3) is 11.0 Å². The summed E-state index contributed by atoms with van der Waals surface area (Å²) in [7, 11) is 0. The van der Waals surface area contributed by atoms with Crippen LogP contribution < -0.4 is 10.1 Å². The molecule has 2 heterocycles. The van der Waals surface area contributed by atoms with Crippen LogP contribution in [-0.2, 0) is 17.8 Å². The fraction of sp³-hybridized carbons (Fsp3) is 0.190. The number of para-hydroxylation sites is 2. The van der Waals surface area contributed by atoms with E-state index in [9.17, 15) is 9.18 Å². The fourth-order valence-electron chi connectivity index (χ4n) is 2.88. The van der Waals surface area contributed by atoms with Crippen LogP contribution in [0.2, 0.25) is 0 Å². The topological polar surface area (TPSA) is 79.9 Å². The molecule has 148 valence electrons. The van der Waals surface area contributed by atoms with Gasteiger partial charge in [0.15, 0.2) is 0 Å². The van der Waals surface area contributed by atoms with Gasteiger partial charge in [0.1, 0.15) is 29.0 Å². The average molecular weight is 410 g/mol. The first-order valence-corrected chi connectivity index (χ1v) is 10.0. The zero-order chi connectivity index (χ0) is 20.2. The Bertz CT molecular complexity index is 1090. The molecule has 8 heteroatoms. The molecule has 0 saturated heterocycles. The van der Waals surface area contributed by atoms with Crippen molar-refractivity contribution in [2.45, 2.75) is 26.0 Å². The van der Waals surface area contributed by atoms with Crippen LogP contribution in [0, 0.1) is 5.82 Å². The highest BCUT2D eigenvalue weighted by Gasteiger charge is 2.15. The van der Waals surface area contributed by atoms with Crippen molar-refractivity contribution in [1.82, 2.24) is 20.3 Å². The number of amides is 1. The molecule has 2 N–H and O–H groups in total. The molecular weight excluding hydrogens is 391 g/mol. The number of nitrogens with one attached hydrogen (secondary N) is 2. The molecule has 0 saturated carbocycles. The standard InChI is InChI=1S/C21H19FN4O2S/c1-13(21-25-17-4-2-3-5-18(17)26-21)23-19(27)10-15-12-29-20(24-15)11-28-16-8-6-14(22)7-9-16/h2-9,12-13H,10-11H2,1H3,(H,23,27)(H,25,26). The number of carbonyl (C=O) groups is 1. The van der Waals surface area contributed by atoms with E-state index in [0.717, 1.165) is 16.0 Å². The van der Waals surface area contributed by atoms with Crippen molar-refractivity contribution in [3.05, 3.63) is 76.3 Å². The number of thiazole rings is 1. The van der Waals surface area contributed by atoms with Gasteiger partial charge in [-0.2, -0.15) is 0 Å². The lowest BCUT2D eigenvalue weighted by Crippen LogP contribution is -2.28. The maximum Gasteiger partial charge on any atom is 0.226 e. The third kappa shape index (κ3) is 4.78. The minimum absolute atomic E-state index is 0.130. The van der Waals surface area contributed by atoms with Crippen molar-refractivity contribution in [1.29, 1.82) is 0 Å². The number of hydrogen-bond acceptors (Lipinski definition) is 5. The number of nitrogens with zero attached hydrogens (tertiary/aromatic N) is 2. The van der Waals surface area contributed by atoms with Crippen molar-refractivity contribution < 1.29 is 13.9 Å². The third-order valence-corrected chi connectivity index (χ3v) is 5.18. The third-order valence-electron chi connectivity index (χ3n) is 4.31. The Labute approximate surface area is 170 Å². The summed E-state index contributed by atoms with van der Waals surface area (Å²) in [5.41, 5.74) is 2.49. The number of carbonyl (C=O) groups excluding carboxylic acids is 1. The van der Waals surface area contributed by atoms with Gasteiger partial charge < -0.3 is 15.0 Å². The number of aromatic amines is 1. The van der Waals surface area contributed by atoms with Gasteiger partial charge in [0, 0.05) is 5.38 Å². The van der Waals surface area contributed by atoms with Crippen molar-refractivity contribution in [2.24, 2.45) is 0 Å². The first kappa shape index (κ1) is 19.1. The Morgan fingerprint density at radius 1 is 1.21 bits per heavy atom. The summed E-state index contributed by atoms with van der Waals surface area (Å²) in [5.74, 6) is 0.845. The predicted molar refractivity (Wildman–Crippen MR) is 109 cm³/mol. The number of fused-ring (bicyclic) bond motifs is 1. The van der Waals surface area contributed by atoms with Gasteiger partial charge in [0.05, 0.1) is 29.2 Å². The maximum atomic E-state index is 12.9. The molecule has 29 heavy (non-hydrogen) atoms. The molecule has 0 bridgehead atoms. The molecule has 4 rings (SSSR count). The number of aromatic nitrogens is 3. The minimum atomic E-state index is -0.309. The fourth-order valence-corrected chi connectivity index (χ4v) is 3.58. The summed E-state index contributed by atoms with van der Waals surface area (Å²) in [6.07, 6.45) is 0.178. The lowest BCUT2D eigenvalue weighted by atomic mass is 10.2. The highest BCUT2D eigenvalue weighted by molar-refractivity contribution is 7.09. The van der Waals surface area contributed by atoms with E-state index < -0.39 is 0 Å². The van der Waals surface area contributed by atoms with Gasteiger partial charge in [0.25, 0.3) is 0 Å². The summed E-state index contributed by atoms with van der Waals surface area (Å²) in [6.45, 7) is 2.16. The predicted octanol–water partition coefficient (Wildman–Crippen LogP) is 4.16. The van der Waals surface area contributed by atoms with Crippen molar-refractivity contribution in [2.75, 3.05) is 0 Å². The monoisotopic (exact) mass is 410 g/mol. The van der Waals surface area contributed by atoms with Crippen molar-refractivity contribution >= 4 is 28.3 Å². The number of halogens is 1. The molecule has 1 amide bonds.